The molecular formula is C21H19N3O4. The van der Waals surface area contributed by atoms with Gasteiger partial charge >= 0.3 is 5.97 Å². The highest BCUT2D eigenvalue weighted by atomic mass is 16.5. The smallest absolute Gasteiger partial charge is 0.379 e. The molecule has 2 aromatic carbocycles. The molecule has 0 spiro atoms. The van der Waals surface area contributed by atoms with Gasteiger partial charge < -0.3 is 9.47 Å². The molecule has 0 aliphatic carbocycles. The average Bonchev–Trinajstić information content (AvgIpc) is 3.06. The number of rotatable bonds is 6. The fourth-order valence-corrected chi connectivity index (χ4v) is 3.04. The lowest BCUT2D eigenvalue weighted by molar-refractivity contribution is -0.137. The average molecular weight is 377 g/mol. The molecule has 3 rings (SSSR count). The molecule has 0 unspecified atom stereocenters. The summed E-state index contributed by atoms with van der Waals surface area (Å²) in [7, 11) is 1.51. The monoisotopic (exact) mass is 377 g/mol. The van der Waals surface area contributed by atoms with Crippen LogP contribution in [-0.4, -0.2) is 35.2 Å². The number of carbonyl (C=O) groups is 2. The molecule has 0 saturated heterocycles. The SMILES string of the molecule is CCOC(=O)C(=O)c1ccc2c(OC)nn(Cc3c(C)cccc3C#N)c2c1. The predicted octanol–water partition coefficient (Wildman–Crippen LogP) is 3.02. The van der Waals surface area contributed by atoms with Gasteiger partial charge in [0.15, 0.2) is 0 Å². The number of Topliss-reactive ketones (excluding diaryl/α,β-unsaturated/α-hetero) is 1. The molecule has 0 amide bonds. The number of fused-ring (bicyclic) bond motifs is 1. The molecule has 1 aromatic heterocycles. The van der Waals surface area contributed by atoms with E-state index in [0.29, 0.717) is 28.9 Å². The van der Waals surface area contributed by atoms with Gasteiger partial charge in [0, 0.05) is 5.56 Å². The van der Waals surface area contributed by atoms with Crippen molar-refractivity contribution < 1.29 is 19.1 Å². The lowest BCUT2D eigenvalue weighted by Gasteiger charge is -2.09. The molecule has 0 aliphatic rings. The molecule has 0 atom stereocenters. The van der Waals surface area contributed by atoms with Crippen molar-refractivity contribution >= 4 is 22.7 Å². The van der Waals surface area contributed by atoms with Crippen LogP contribution in [0, 0.1) is 18.3 Å². The Bertz CT molecular complexity index is 1110. The normalized spacial score (nSPS) is 10.5. The van der Waals surface area contributed by atoms with Crippen LogP contribution >= 0.6 is 0 Å². The number of hydrogen-bond donors (Lipinski definition) is 0. The van der Waals surface area contributed by atoms with E-state index in [-0.39, 0.29) is 12.2 Å². The third-order valence-corrected chi connectivity index (χ3v) is 4.47. The van der Waals surface area contributed by atoms with E-state index in [1.165, 1.54) is 7.11 Å². The van der Waals surface area contributed by atoms with Gasteiger partial charge in [-0.2, -0.15) is 5.26 Å². The molecule has 0 N–H and O–H groups in total. The topological polar surface area (TPSA) is 94.2 Å². The van der Waals surface area contributed by atoms with Crippen LogP contribution < -0.4 is 4.74 Å². The van der Waals surface area contributed by atoms with Gasteiger partial charge in [-0.25, -0.2) is 4.79 Å². The Morgan fingerprint density at radius 1 is 1.25 bits per heavy atom. The summed E-state index contributed by atoms with van der Waals surface area (Å²) in [6.45, 7) is 4.02. The second-order valence-electron chi connectivity index (χ2n) is 6.16. The quantitative estimate of drug-likeness (QED) is 0.372. The molecule has 0 saturated carbocycles. The number of nitriles is 1. The molecule has 142 valence electrons. The highest BCUT2D eigenvalue weighted by Crippen LogP contribution is 2.27. The summed E-state index contributed by atoms with van der Waals surface area (Å²) in [5.41, 5.74) is 3.18. The number of nitrogens with zero attached hydrogens (tertiary/aromatic N) is 3. The van der Waals surface area contributed by atoms with Crippen molar-refractivity contribution in [3.63, 3.8) is 0 Å². The van der Waals surface area contributed by atoms with Crippen molar-refractivity contribution in [3.05, 3.63) is 58.7 Å². The first-order valence-electron chi connectivity index (χ1n) is 8.74. The lowest BCUT2D eigenvalue weighted by atomic mass is 10.0. The van der Waals surface area contributed by atoms with Crippen molar-refractivity contribution in [2.24, 2.45) is 0 Å². The lowest BCUT2D eigenvalue weighted by Crippen LogP contribution is -2.17. The molecule has 3 aromatic rings. The third-order valence-electron chi connectivity index (χ3n) is 4.47. The molecular weight excluding hydrogens is 358 g/mol. The van der Waals surface area contributed by atoms with Crippen molar-refractivity contribution in [2.45, 2.75) is 20.4 Å². The minimum atomic E-state index is -0.898. The first kappa shape index (κ1) is 19.1. The fourth-order valence-electron chi connectivity index (χ4n) is 3.04. The Kier molecular flexibility index (Phi) is 5.41. The summed E-state index contributed by atoms with van der Waals surface area (Å²) in [6.07, 6.45) is 0. The van der Waals surface area contributed by atoms with E-state index in [1.54, 1.807) is 35.9 Å². The van der Waals surface area contributed by atoms with Gasteiger partial charge in [0.2, 0.25) is 5.88 Å². The molecule has 0 aliphatic heterocycles. The first-order chi connectivity index (χ1) is 13.5. The summed E-state index contributed by atoms with van der Waals surface area (Å²) < 4.78 is 11.8. The zero-order chi connectivity index (χ0) is 20.3. The Hall–Kier alpha value is -3.66. The van der Waals surface area contributed by atoms with E-state index in [1.807, 2.05) is 19.1 Å². The maximum atomic E-state index is 12.3. The Morgan fingerprint density at radius 3 is 2.71 bits per heavy atom. The summed E-state index contributed by atoms with van der Waals surface area (Å²) in [5, 5.41) is 14.6. The summed E-state index contributed by atoms with van der Waals surface area (Å²) >= 11 is 0. The molecule has 7 heteroatoms. The number of benzene rings is 2. The number of aromatic nitrogens is 2. The maximum Gasteiger partial charge on any atom is 0.379 e. The van der Waals surface area contributed by atoms with E-state index in [2.05, 4.69) is 11.2 Å². The highest BCUT2D eigenvalue weighted by Gasteiger charge is 2.20. The highest BCUT2D eigenvalue weighted by molar-refractivity contribution is 6.40. The van der Waals surface area contributed by atoms with Crippen LogP contribution in [0.2, 0.25) is 0 Å². The molecule has 28 heavy (non-hydrogen) atoms. The number of esters is 1. The predicted molar refractivity (Wildman–Crippen MR) is 102 cm³/mol. The number of hydrogen-bond acceptors (Lipinski definition) is 6. The van der Waals surface area contributed by atoms with E-state index < -0.39 is 11.8 Å². The van der Waals surface area contributed by atoms with Crippen LogP contribution in [0.3, 0.4) is 0 Å². The first-order valence-corrected chi connectivity index (χ1v) is 8.74. The summed E-state index contributed by atoms with van der Waals surface area (Å²) in [4.78, 5) is 24.1. The van der Waals surface area contributed by atoms with Gasteiger partial charge in [-0.05, 0) is 49.2 Å². The molecule has 1 heterocycles. The van der Waals surface area contributed by atoms with Crippen LogP contribution in [0.25, 0.3) is 10.9 Å². The Labute approximate surface area is 162 Å². The van der Waals surface area contributed by atoms with Gasteiger partial charge in [0.05, 0.1) is 42.8 Å². The molecule has 0 bridgehead atoms. The van der Waals surface area contributed by atoms with Crippen LogP contribution in [0.1, 0.15) is 34.0 Å². The number of ketones is 1. The van der Waals surface area contributed by atoms with Gasteiger partial charge in [-0.3, -0.25) is 9.48 Å². The second kappa shape index (κ2) is 7.92. The zero-order valence-electron chi connectivity index (χ0n) is 15.9. The van der Waals surface area contributed by atoms with Crippen molar-refractivity contribution in [1.29, 1.82) is 5.26 Å². The molecule has 0 fully saturated rings. The van der Waals surface area contributed by atoms with Gasteiger partial charge in [-0.15, -0.1) is 5.10 Å². The summed E-state index contributed by atoms with van der Waals surface area (Å²) in [5.74, 6) is -1.22. The number of ether oxygens (including phenoxy) is 2. The third kappa shape index (κ3) is 3.45. The Morgan fingerprint density at radius 2 is 2.04 bits per heavy atom. The number of carbonyl (C=O) groups excluding carboxylic acids is 2. The van der Waals surface area contributed by atoms with Crippen LogP contribution in [0.5, 0.6) is 5.88 Å². The minimum absolute atomic E-state index is 0.128. The van der Waals surface area contributed by atoms with E-state index in [4.69, 9.17) is 9.47 Å². The maximum absolute atomic E-state index is 12.3. The standard InChI is InChI=1S/C21H19N3O4/c1-4-28-21(26)19(25)14-8-9-16-18(10-14)24(23-20(16)27-3)12-17-13(2)6-5-7-15(17)11-22/h5-10H,4,12H2,1-3H3. The Balaban J connectivity index is 2.10. The van der Waals surface area contributed by atoms with Crippen molar-refractivity contribution in [2.75, 3.05) is 13.7 Å². The van der Waals surface area contributed by atoms with E-state index in [0.717, 1.165) is 11.1 Å². The number of aryl methyl sites for hydroxylation is 1. The number of methoxy groups -OCH3 is 1. The zero-order valence-corrected chi connectivity index (χ0v) is 15.9. The van der Waals surface area contributed by atoms with Crippen LogP contribution in [0.15, 0.2) is 36.4 Å². The molecule has 0 radical (unpaired) electrons. The molecule has 7 nitrogen and oxygen atoms in total. The van der Waals surface area contributed by atoms with Crippen LogP contribution in [-0.2, 0) is 16.1 Å². The minimum Gasteiger partial charge on any atom is -0.479 e. The van der Waals surface area contributed by atoms with Gasteiger partial charge in [-0.1, -0.05) is 12.1 Å². The summed E-state index contributed by atoms with van der Waals surface area (Å²) in [6, 6.07) is 12.5. The van der Waals surface area contributed by atoms with Crippen LogP contribution in [0.4, 0.5) is 0 Å². The van der Waals surface area contributed by atoms with Crippen molar-refractivity contribution in [3.8, 4) is 11.9 Å². The van der Waals surface area contributed by atoms with E-state index >= 15 is 0 Å². The van der Waals surface area contributed by atoms with E-state index in [9.17, 15) is 14.9 Å². The largest absolute Gasteiger partial charge is 0.479 e. The van der Waals surface area contributed by atoms with Gasteiger partial charge in [0.25, 0.3) is 5.78 Å². The fraction of sp³-hybridized carbons (Fsp3) is 0.238. The second-order valence-corrected chi connectivity index (χ2v) is 6.16. The van der Waals surface area contributed by atoms with Crippen molar-refractivity contribution in [1.82, 2.24) is 9.78 Å². The van der Waals surface area contributed by atoms with Gasteiger partial charge in [0.1, 0.15) is 0 Å².